The first-order chi connectivity index (χ1) is 10.0. The van der Waals surface area contributed by atoms with E-state index >= 15 is 0 Å². The highest BCUT2D eigenvalue weighted by Gasteiger charge is 2.22. The Balaban J connectivity index is 2.33. The summed E-state index contributed by atoms with van der Waals surface area (Å²) in [4.78, 5) is 0. The monoisotopic (exact) mass is 293 g/mol. The second kappa shape index (κ2) is 6.54. The molecular formula is C16H17F2NO2. The fraction of sp³-hybridized carbons (Fsp3) is 0.250. The Morgan fingerprint density at radius 3 is 2.38 bits per heavy atom. The lowest BCUT2D eigenvalue weighted by Crippen LogP contribution is -2.29. The minimum Gasteiger partial charge on any atom is -0.496 e. The lowest BCUT2D eigenvalue weighted by atomic mass is 10.0. The lowest BCUT2D eigenvalue weighted by molar-refractivity contribution is 0.175. The summed E-state index contributed by atoms with van der Waals surface area (Å²) in [5, 5.41) is 0. The van der Waals surface area contributed by atoms with E-state index in [1.54, 1.807) is 20.1 Å². The lowest BCUT2D eigenvalue weighted by Gasteiger charge is -2.24. The van der Waals surface area contributed by atoms with E-state index in [9.17, 15) is 8.78 Å². The summed E-state index contributed by atoms with van der Waals surface area (Å²) in [5.41, 5.74) is 6.71. The van der Waals surface area contributed by atoms with Crippen molar-refractivity contribution in [3.63, 3.8) is 0 Å². The Hall–Kier alpha value is -2.14. The molecule has 0 aliphatic carbocycles. The molecule has 0 heterocycles. The smallest absolute Gasteiger partial charge is 0.162 e. The van der Waals surface area contributed by atoms with E-state index in [-0.39, 0.29) is 11.8 Å². The molecule has 0 aromatic heterocycles. The highest BCUT2D eigenvalue weighted by atomic mass is 19.2. The quantitative estimate of drug-likeness (QED) is 0.918. The second-order valence-electron chi connectivity index (χ2n) is 4.72. The molecule has 0 spiro atoms. The number of methoxy groups -OCH3 is 1. The van der Waals surface area contributed by atoms with Crippen LogP contribution in [0.25, 0.3) is 0 Å². The molecule has 5 heteroatoms. The number of rotatable bonds is 5. The number of ether oxygens (including phenoxy) is 2. The molecule has 0 saturated carbocycles. The largest absolute Gasteiger partial charge is 0.496 e. The zero-order valence-electron chi connectivity index (χ0n) is 11.8. The molecule has 0 aliphatic heterocycles. The van der Waals surface area contributed by atoms with Gasteiger partial charge in [0.2, 0.25) is 0 Å². The van der Waals surface area contributed by atoms with Crippen molar-refractivity contribution >= 4 is 0 Å². The van der Waals surface area contributed by atoms with Gasteiger partial charge in [-0.25, -0.2) is 8.78 Å². The Labute approximate surface area is 122 Å². The van der Waals surface area contributed by atoms with E-state index in [1.165, 1.54) is 6.07 Å². The van der Waals surface area contributed by atoms with Crippen LogP contribution in [0.4, 0.5) is 8.78 Å². The normalized spacial score (nSPS) is 13.6. The molecule has 0 fully saturated rings. The highest BCUT2D eigenvalue weighted by molar-refractivity contribution is 5.37. The first-order valence-electron chi connectivity index (χ1n) is 6.53. The van der Waals surface area contributed by atoms with Gasteiger partial charge in [0.25, 0.3) is 0 Å². The third-order valence-electron chi connectivity index (χ3n) is 3.08. The molecule has 3 nitrogen and oxygen atoms in total. The van der Waals surface area contributed by atoms with Gasteiger partial charge >= 0.3 is 0 Å². The molecule has 0 saturated heterocycles. The van der Waals surface area contributed by atoms with Crippen molar-refractivity contribution in [3.05, 3.63) is 59.7 Å². The molecule has 0 bridgehead atoms. The minimum atomic E-state index is -0.962. The van der Waals surface area contributed by atoms with Crippen molar-refractivity contribution in [2.45, 2.75) is 19.1 Å². The van der Waals surface area contributed by atoms with E-state index in [0.717, 1.165) is 17.7 Å². The summed E-state index contributed by atoms with van der Waals surface area (Å²) in [7, 11) is 1.55. The topological polar surface area (TPSA) is 44.5 Å². The Kier molecular flexibility index (Phi) is 4.75. The van der Waals surface area contributed by atoms with Gasteiger partial charge in [0.05, 0.1) is 7.11 Å². The van der Waals surface area contributed by atoms with Gasteiger partial charge < -0.3 is 15.2 Å². The van der Waals surface area contributed by atoms with E-state index in [4.69, 9.17) is 15.2 Å². The maximum atomic E-state index is 13.3. The van der Waals surface area contributed by atoms with Crippen LogP contribution in [0.2, 0.25) is 0 Å². The van der Waals surface area contributed by atoms with Gasteiger partial charge in [0, 0.05) is 17.7 Å². The van der Waals surface area contributed by atoms with Gasteiger partial charge in [-0.1, -0.05) is 18.2 Å². The predicted octanol–water partition coefficient (Wildman–Crippen LogP) is 3.44. The van der Waals surface area contributed by atoms with Crippen molar-refractivity contribution in [1.29, 1.82) is 0 Å². The average Bonchev–Trinajstić information content (AvgIpc) is 2.48. The Morgan fingerprint density at radius 1 is 1.05 bits per heavy atom. The van der Waals surface area contributed by atoms with Crippen LogP contribution in [0.5, 0.6) is 11.5 Å². The zero-order chi connectivity index (χ0) is 15.4. The van der Waals surface area contributed by atoms with E-state index in [0.29, 0.717) is 5.75 Å². The van der Waals surface area contributed by atoms with Gasteiger partial charge in [-0.05, 0) is 25.1 Å². The van der Waals surface area contributed by atoms with Crippen LogP contribution in [-0.4, -0.2) is 13.2 Å². The molecule has 112 valence electrons. The van der Waals surface area contributed by atoms with Gasteiger partial charge in [-0.2, -0.15) is 0 Å². The standard InChI is InChI=1S/C16H17F2NO2/c1-10(19)16(12-5-3-4-6-15(12)20-2)21-11-7-8-13(17)14(18)9-11/h3-10,16H,19H2,1-2H3. The van der Waals surface area contributed by atoms with Crippen LogP contribution >= 0.6 is 0 Å². The highest BCUT2D eigenvalue weighted by Crippen LogP contribution is 2.31. The first kappa shape index (κ1) is 15.3. The maximum Gasteiger partial charge on any atom is 0.162 e. The van der Waals surface area contributed by atoms with E-state index < -0.39 is 17.7 Å². The average molecular weight is 293 g/mol. The molecule has 0 amide bonds. The number of para-hydroxylation sites is 1. The van der Waals surface area contributed by atoms with Crippen molar-refractivity contribution in [2.75, 3.05) is 7.11 Å². The number of benzene rings is 2. The molecule has 2 rings (SSSR count). The van der Waals surface area contributed by atoms with Crippen molar-refractivity contribution < 1.29 is 18.3 Å². The molecule has 2 aromatic rings. The van der Waals surface area contributed by atoms with Crippen molar-refractivity contribution in [2.24, 2.45) is 5.73 Å². The van der Waals surface area contributed by atoms with E-state index in [2.05, 4.69) is 0 Å². The summed E-state index contributed by atoms with van der Waals surface area (Å²) in [6.45, 7) is 1.77. The molecule has 2 aromatic carbocycles. The fourth-order valence-corrected chi connectivity index (χ4v) is 2.05. The summed E-state index contributed by atoms with van der Waals surface area (Å²) >= 11 is 0. The number of nitrogens with two attached hydrogens (primary N) is 1. The third kappa shape index (κ3) is 3.49. The van der Waals surface area contributed by atoms with Gasteiger partial charge in [-0.3, -0.25) is 0 Å². The van der Waals surface area contributed by atoms with Crippen LogP contribution in [0.3, 0.4) is 0 Å². The summed E-state index contributed by atoms with van der Waals surface area (Å²) in [6, 6.07) is 10.3. The van der Waals surface area contributed by atoms with Gasteiger partial charge in [-0.15, -0.1) is 0 Å². The minimum absolute atomic E-state index is 0.210. The summed E-state index contributed by atoms with van der Waals surface area (Å²) in [6.07, 6.45) is -0.536. The number of hydrogen-bond donors (Lipinski definition) is 1. The molecule has 2 unspecified atom stereocenters. The van der Waals surface area contributed by atoms with Crippen LogP contribution in [0.15, 0.2) is 42.5 Å². The van der Waals surface area contributed by atoms with Crippen LogP contribution < -0.4 is 15.2 Å². The molecule has 2 atom stereocenters. The first-order valence-corrected chi connectivity index (χ1v) is 6.53. The Bertz CT molecular complexity index is 617. The second-order valence-corrected chi connectivity index (χ2v) is 4.72. The SMILES string of the molecule is COc1ccccc1C(Oc1ccc(F)c(F)c1)C(C)N. The summed E-state index contributed by atoms with van der Waals surface area (Å²) in [5.74, 6) is -1.04. The third-order valence-corrected chi connectivity index (χ3v) is 3.08. The molecular weight excluding hydrogens is 276 g/mol. The predicted molar refractivity (Wildman–Crippen MR) is 76.4 cm³/mol. The van der Waals surface area contributed by atoms with Crippen LogP contribution in [0, 0.1) is 11.6 Å². The zero-order valence-corrected chi connectivity index (χ0v) is 11.8. The van der Waals surface area contributed by atoms with Crippen LogP contribution in [-0.2, 0) is 0 Å². The molecule has 2 N–H and O–H groups in total. The van der Waals surface area contributed by atoms with Crippen molar-refractivity contribution in [3.8, 4) is 11.5 Å². The molecule has 21 heavy (non-hydrogen) atoms. The summed E-state index contributed by atoms with van der Waals surface area (Å²) < 4.78 is 37.2. The number of hydrogen-bond acceptors (Lipinski definition) is 3. The van der Waals surface area contributed by atoms with E-state index in [1.807, 2.05) is 18.2 Å². The fourth-order valence-electron chi connectivity index (χ4n) is 2.05. The van der Waals surface area contributed by atoms with Gasteiger partial charge in [0.15, 0.2) is 11.6 Å². The Morgan fingerprint density at radius 2 is 1.76 bits per heavy atom. The van der Waals surface area contributed by atoms with Gasteiger partial charge in [0.1, 0.15) is 17.6 Å². The van der Waals surface area contributed by atoms with Crippen molar-refractivity contribution in [1.82, 2.24) is 0 Å². The maximum absolute atomic E-state index is 13.3. The number of halogens is 2. The molecule has 0 radical (unpaired) electrons. The van der Waals surface area contributed by atoms with Crippen LogP contribution in [0.1, 0.15) is 18.6 Å². The molecule has 0 aliphatic rings.